The molecule has 0 bridgehead atoms. The zero-order chi connectivity index (χ0) is 25.0. The van der Waals surface area contributed by atoms with Gasteiger partial charge >= 0.3 is 12.1 Å². The quantitative estimate of drug-likeness (QED) is 0.591. The maximum absolute atomic E-state index is 13.2. The molecule has 2 aliphatic rings. The van der Waals surface area contributed by atoms with Crippen LogP contribution in [0, 0.1) is 17.8 Å². The molecule has 1 aliphatic heterocycles. The minimum absolute atomic E-state index is 0.00821. The number of likely N-dealkylation sites (tertiary alicyclic amines) is 1. The summed E-state index contributed by atoms with van der Waals surface area (Å²) in [4.78, 5) is 39.3. The monoisotopic (exact) mass is 474 g/mol. The highest BCUT2D eigenvalue weighted by molar-refractivity contribution is 5.87. The van der Waals surface area contributed by atoms with Gasteiger partial charge in [0.25, 0.3) is 0 Å². The molecule has 2 amide bonds. The van der Waals surface area contributed by atoms with Crippen molar-refractivity contribution < 1.29 is 24.2 Å². The van der Waals surface area contributed by atoms with Gasteiger partial charge in [-0.3, -0.25) is 9.59 Å². The minimum atomic E-state index is -0.975. The number of nitrogens with zero attached hydrogens (tertiary/aromatic N) is 1. The summed E-state index contributed by atoms with van der Waals surface area (Å²) in [5.74, 6) is 1.05. The molecule has 1 heterocycles. The average Bonchev–Trinajstić information content (AvgIpc) is 3.20. The van der Waals surface area contributed by atoms with Gasteiger partial charge in [-0.2, -0.15) is 0 Å². The molecule has 2 N–H and O–H groups in total. The van der Waals surface area contributed by atoms with E-state index in [1.807, 2.05) is 43.3 Å². The molecule has 7 heteroatoms. The normalized spacial score (nSPS) is 19.7. The number of rotatable bonds is 7. The number of carbonyl (C=O) groups excluding carboxylic acids is 2. The molecule has 2 aromatic carbocycles. The summed E-state index contributed by atoms with van der Waals surface area (Å²) in [7, 11) is 0. The number of hydrogen-bond acceptors (Lipinski definition) is 4. The molecule has 2 aromatic rings. The molecule has 1 aliphatic carbocycles. The van der Waals surface area contributed by atoms with Crippen molar-refractivity contribution in [2.75, 3.05) is 19.7 Å². The van der Waals surface area contributed by atoms with E-state index in [4.69, 9.17) is 11.2 Å². The lowest BCUT2D eigenvalue weighted by Crippen LogP contribution is -2.55. The van der Waals surface area contributed by atoms with Crippen molar-refractivity contribution >= 4 is 18.0 Å². The number of aliphatic carboxylic acids is 1. The van der Waals surface area contributed by atoms with Gasteiger partial charge in [0.05, 0.1) is 5.41 Å². The highest BCUT2D eigenvalue weighted by atomic mass is 16.5. The molecular formula is C28H30N2O5. The van der Waals surface area contributed by atoms with Crippen LogP contribution in [-0.4, -0.2) is 53.7 Å². The van der Waals surface area contributed by atoms with Crippen LogP contribution in [0.4, 0.5) is 4.79 Å². The van der Waals surface area contributed by atoms with Gasteiger partial charge in [0.15, 0.2) is 0 Å². The molecule has 7 nitrogen and oxygen atoms in total. The second-order valence-corrected chi connectivity index (χ2v) is 9.23. The van der Waals surface area contributed by atoms with Crippen LogP contribution in [0.5, 0.6) is 0 Å². The van der Waals surface area contributed by atoms with E-state index in [0.717, 1.165) is 22.3 Å². The Balaban J connectivity index is 1.42. The Labute approximate surface area is 205 Å². The lowest BCUT2D eigenvalue weighted by Gasteiger charge is -2.40. The number of carboxylic acid groups (broad SMARTS) is 1. The van der Waals surface area contributed by atoms with Crippen LogP contribution in [0.15, 0.2) is 48.5 Å². The van der Waals surface area contributed by atoms with Crippen molar-refractivity contribution in [1.29, 1.82) is 0 Å². The van der Waals surface area contributed by atoms with Crippen molar-refractivity contribution in [1.82, 2.24) is 10.2 Å². The van der Waals surface area contributed by atoms with Gasteiger partial charge in [-0.05, 0) is 41.5 Å². The van der Waals surface area contributed by atoms with Crippen LogP contribution in [0.1, 0.15) is 49.7 Å². The van der Waals surface area contributed by atoms with Gasteiger partial charge in [0.1, 0.15) is 12.6 Å². The third-order valence-electron chi connectivity index (χ3n) is 7.27. The molecule has 0 spiro atoms. The molecule has 182 valence electrons. The van der Waals surface area contributed by atoms with Crippen LogP contribution in [0.2, 0.25) is 0 Å². The lowest BCUT2D eigenvalue weighted by molar-refractivity contribution is -0.155. The van der Waals surface area contributed by atoms with E-state index in [1.54, 1.807) is 0 Å². The van der Waals surface area contributed by atoms with E-state index in [2.05, 4.69) is 23.4 Å². The molecule has 4 rings (SSSR count). The Kier molecular flexibility index (Phi) is 7.11. The first-order chi connectivity index (χ1) is 16.9. The molecule has 35 heavy (non-hydrogen) atoms. The number of terminal acetylenes is 1. The van der Waals surface area contributed by atoms with Crippen molar-refractivity contribution in [2.45, 2.75) is 44.6 Å². The molecular weight excluding hydrogens is 444 g/mol. The first kappa shape index (κ1) is 24.3. The predicted molar refractivity (Wildman–Crippen MR) is 132 cm³/mol. The number of hydrogen-bond donors (Lipinski definition) is 2. The maximum atomic E-state index is 13.2. The number of ether oxygens (including phenoxy) is 1. The second kappa shape index (κ2) is 10.2. The smallest absolute Gasteiger partial charge is 0.407 e. The minimum Gasteiger partial charge on any atom is -0.481 e. The third-order valence-corrected chi connectivity index (χ3v) is 7.27. The second-order valence-electron chi connectivity index (χ2n) is 9.23. The zero-order valence-electron chi connectivity index (χ0n) is 19.8. The molecule has 0 aromatic heterocycles. The first-order valence-electron chi connectivity index (χ1n) is 12.0. The van der Waals surface area contributed by atoms with Crippen molar-refractivity contribution in [2.24, 2.45) is 5.41 Å². The van der Waals surface area contributed by atoms with Crippen LogP contribution < -0.4 is 5.32 Å². The Hall–Kier alpha value is -3.79. The van der Waals surface area contributed by atoms with Crippen LogP contribution in [-0.2, 0) is 14.3 Å². The van der Waals surface area contributed by atoms with Crippen LogP contribution in [0.3, 0.4) is 0 Å². The summed E-state index contributed by atoms with van der Waals surface area (Å²) < 4.78 is 5.57. The standard InChI is InChI=1S/C28H30N2O5/c1-3-10-24(25(31)30-16-9-15-28(4-2,18-30)26(32)33)29-27(34)35-17-23-21-13-7-5-11-19(21)20-12-6-8-14-22(20)23/h1,5-8,11-14,23-24H,4,9-10,15-18H2,2H3,(H,29,34)(H,32,33). The summed E-state index contributed by atoms with van der Waals surface area (Å²) in [6.45, 7) is 2.47. The highest BCUT2D eigenvalue weighted by Crippen LogP contribution is 2.44. The average molecular weight is 475 g/mol. The molecule has 2 unspecified atom stereocenters. The van der Waals surface area contributed by atoms with E-state index in [9.17, 15) is 19.5 Å². The number of piperidine rings is 1. The van der Waals surface area contributed by atoms with E-state index < -0.39 is 23.5 Å². The summed E-state index contributed by atoms with van der Waals surface area (Å²) in [5.41, 5.74) is 3.46. The fourth-order valence-corrected chi connectivity index (χ4v) is 5.25. The Bertz CT molecular complexity index is 1120. The van der Waals surface area contributed by atoms with Crippen molar-refractivity contribution in [3.63, 3.8) is 0 Å². The predicted octanol–water partition coefficient (Wildman–Crippen LogP) is 4.02. The zero-order valence-corrected chi connectivity index (χ0v) is 19.8. The Morgan fingerprint density at radius 3 is 2.37 bits per heavy atom. The van der Waals surface area contributed by atoms with Gasteiger partial charge in [-0.25, -0.2) is 4.79 Å². The summed E-state index contributed by atoms with van der Waals surface area (Å²) in [6.07, 6.45) is 6.26. The fourth-order valence-electron chi connectivity index (χ4n) is 5.25. The van der Waals surface area contributed by atoms with Gasteiger partial charge in [-0.15, -0.1) is 12.3 Å². The molecule has 0 saturated carbocycles. The van der Waals surface area contributed by atoms with Crippen LogP contribution in [0.25, 0.3) is 11.1 Å². The van der Waals surface area contributed by atoms with E-state index in [0.29, 0.717) is 25.8 Å². The number of benzene rings is 2. The number of amides is 2. The summed E-state index contributed by atoms with van der Waals surface area (Å²) >= 11 is 0. The summed E-state index contributed by atoms with van der Waals surface area (Å²) in [5, 5.41) is 12.3. The third kappa shape index (κ3) is 4.74. The molecule has 2 atom stereocenters. The van der Waals surface area contributed by atoms with Crippen LogP contribution >= 0.6 is 0 Å². The fraction of sp³-hybridized carbons (Fsp3) is 0.393. The van der Waals surface area contributed by atoms with E-state index >= 15 is 0 Å². The maximum Gasteiger partial charge on any atom is 0.407 e. The number of carboxylic acids is 1. The van der Waals surface area contributed by atoms with Gasteiger partial charge < -0.3 is 20.1 Å². The van der Waals surface area contributed by atoms with Gasteiger partial charge in [-0.1, -0.05) is 55.5 Å². The Morgan fingerprint density at radius 2 is 1.80 bits per heavy atom. The largest absolute Gasteiger partial charge is 0.481 e. The molecule has 1 fully saturated rings. The first-order valence-corrected chi connectivity index (χ1v) is 12.0. The van der Waals surface area contributed by atoms with Gasteiger partial charge in [0.2, 0.25) is 5.91 Å². The SMILES string of the molecule is C#CCC(NC(=O)OCC1c2ccccc2-c2ccccc21)C(=O)N1CCCC(CC)(C(=O)O)C1. The highest BCUT2D eigenvalue weighted by Gasteiger charge is 2.43. The Morgan fingerprint density at radius 1 is 1.17 bits per heavy atom. The summed E-state index contributed by atoms with van der Waals surface area (Å²) in [6, 6.07) is 15.1. The molecule has 0 radical (unpaired) electrons. The van der Waals surface area contributed by atoms with E-state index in [-0.39, 0.29) is 31.4 Å². The lowest BCUT2D eigenvalue weighted by atomic mass is 9.77. The number of carbonyl (C=O) groups is 3. The topological polar surface area (TPSA) is 95.9 Å². The van der Waals surface area contributed by atoms with Gasteiger partial charge in [0, 0.05) is 25.4 Å². The number of fused-ring (bicyclic) bond motifs is 3. The number of alkyl carbamates (subject to hydrolysis) is 1. The molecule has 1 saturated heterocycles. The number of nitrogens with one attached hydrogen (secondary N) is 1. The van der Waals surface area contributed by atoms with Crippen molar-refractivity contribution in [3.05, 3.63) is 59.7 Å². The van der Waals surface area contributed by atoms with E-state index in [1.165, 1.54) is 4.90 Å². The van der Waals surface area contributed by atoms with Crippen molar-refractivity contribution in [3.8, 4) is 23.5 Å².